The van der Waals surface area contributed by atoms with Crippen LogP contribution in [-0.4, -0.2) is 21.9 Å². The first-order valence-electron chi connectivity index (χ1n) is 6.02. The van der Waals surface area contributed by atoms with Gasteiger partial charge in [0.2, 0.25) is 5.08 Å². The zero-order valence-electron chi connectivity index (χ0n) is 11.3. The molecule has 0 aliphatic rings. The van der Waals surface area contributed by atoms with E-state index < -0.39 is 48.5 Å². The third kappa shape index (κ3) is 4.89. The van der Waals surface area contributed by atoms with Gasteiger partial charge in [-0.05, 0) is 24.3 Å². The minimum atomic E-state index is -4.72. The molecule has 0 radical (unpaired) electrons. The van der Waals surface area contributed by atoms with Crippen molar-refractivity contribution in [3.63, 3.8) is 0 Å². The van der Waals surface area contributed by atoms with E-state index in [1.165, 1.54) is 24.3 Å². The van der Waals surface area contributed by atoms with Crippen molar-refractivity contribution in [1.29, 1.82) is 0 Å². The van der Waals surface area contributed by atoms with Gasteiger partial charge in [-0.3, -0.25) is 0 Å². The van der Waals surface area contributed by atoms with Gasteiger partial charge in [-0.1, -0.05) is 24.3 Å². The van der Waals surface area contributed by atoms with Crippen LogP contribution in [0.3, 0.4) is 0 Å². The van der Waals surface area contributed by atoms with Crippen LogP contribution in [0.25, 0.3) is 0 Å². The lowest BCUT2D eigenvalue weighted by atomic mass is 10.3. The Morgan fingerprint density at radius 3 is 1.39 bits per heavy atom. The van der Waals surface area contributed by atoms with Crippen molar-refractivity contribution < 1.29 is 34.0 Å². The van der Waals surface area contributed by atoms with Gasteiger partial charge in [-0.15, -0.1) is 0 Å². The summed E-state index contributed by atoms with van der Waals surface area (Å²) in [6.07, 6.45) is 0. The number of benzene rings is 2. The van der Waals surface area contributed by atoms with Crippen LogP contribution in [0.15, 0.2) is 48.5 Å². The minimum Gasteiger partial charge on any atom is -0.378 e. The van der Waals surface area contributed by atoms with E-state index in [-0.39, 0.29) is 0 Å². The lowest BCUT2D eigenvalue weighted by molar-refractivity contribution is 0.451. The molecule has 0 aliphatic heterocycles. The molecule has 124 valence electrons. The summed E-state index contributed by atoms with van der Waals surface area (Å²) in [5, 5.41) is -1.61. The second-order valence-corrected chi connectivity index (χ2v) is 7.77. The van der Waals surface area contributed by atoms with Gasteiger partial charge in [0.05, 0.1) is 0 Å². The molecule has 2 aromatic rings. The lowest BCUT2D eigenvalue weighted by Crippen LogP contribution is -2.25. The van der Waals surface area contributed by atoms with Gasteiger partial charge in [-0.2, -0.15) is 16.8 Å². The molecule has 0 aliphatic carbocycles. The zero-order chi connectivity index (χ0) is 17.1. The predicted octanol–water partition coefficient (Wildman–Crippen LogP) is 2.04. The van der Waals surface area contributed by atoms with Gasteiger partial charge < -0.3 is 8.37 Å². The van der Waals surface area contributed by atoms with E-state index in [4.69, 9.17) is 0 Å². The molecule has 0 bridgehead atoms. The Bertz CT molecular complexity index is 834. The summed E-state index contributed by atoms with van der Waals surface area (Å²) >= 11 is 0. The van der Waals surface area contributed by atoms with E-state index in [9.17, 15) is 25.6 Å². The van der Waals surface area contributed by atoms with Crippen molar-refractivity contribution in [3.8, 4) is 11.5 Å². The molecule has 0 aromatic heterocycles. The maximum atomic E-state index is 13.3. The maximum Gasteiger partial charge on any atom is 0.327 e. The molecule has 2 rings (SSSR count). The predicted molar refractivity (Wildman–Crippen MR) is 76.8 cm³/mol. The van der Waals surface area contributed by atoms with Crippen LogP contribution < -0.4 is 8.37 Å². The van der Waals surface area contributed by atoms with Gasteiger partial charge in [0.25, 0.3) is 0 Å². The Hall–Kier alpha value is -2.20. The van der Waals surface area contributed by atoms with Gasteiger partial charge in [-0.25, -0.2) is 8.78 Å². The van der Waals surface area contributed by atoms with E-state index in [0.29, 0.717) is 0 Å². The smallest absolute Gasteiger partial charge is 0.327 e. The van der Waals surface area contributed by atoms with Crippen LogP contribution in [0.5, 0.6) is 11.5 Å². The van der Waals surface area contributed by atoms with E-state index in [1.807, 2.05) is 0 Å². The molecule has 0 amide bonds. The molecular formula is C13H10F2O6S2. The van der Waals surface area contributed by atoms with Crippen molar-refractivity contribution in [1.82, 2.24) is 0 Å². The Kier molecular flexibility index (Phi) is 4.85. The minimum absolute atomic E-state index is 0.659. The summed E-state index contributed by atoms with van der Waals surface area (Å²) < 4.78 is 82.2. The average Bonchev–Trinajstić information content (AvgIpc) is 2.42. The summed E-state index contributed by atoms with van der Waals surface area (Å²) in [6.45, 7) is 0. The first kappa shape index (κ1) is 17.2. The third-order valence-corrected chi connectivity index (χ3v) is 5.57. The molecule has 0 unspecified atom stereocenters. The first-order chi connectivity index (χ1) is 10.7. The second-order valence-electron chi connectivity index (χ2n) is 4.26. The molecule has 0 heterocycles. The average molecular weight is 364 g/mol. The number of rotatable bonds is 6. The topological polar surface area (TPSA) is 86.7 Å². The van der Waals surface area contributed by atoms with Crippen molar-refractivity contribution >= 4 is 20.2 Å². The number of para-hydroxylation sites is 2. The van der Waals surface area contributed by atoms with Crippen molar-refractivity contribution in [3.05, 3.63) is 60.2 Å². The third-order valence-electron chi connectivity index (χ3n) is 2.40. The molecule has 0 saturated carbocycles. The van der Waals surface area contributed by atoms with Gasteiger partial charge in [0, 0.05) is 0 Å². The van der Waals surface area contributed by atoms with Crippen molar-refractivity contribution in [2.45, 2.75) is 0 Å². The van der Waals surface area contributed by atoms with Crippen LogP contribution >= 0.6 is 0 Å². The second kappa shape index (κ2) is 6.50. The largest absolute Gasteiger partial charge is 0.378 e. The van der Waals surface area contributed by atoms with Crippen molar-refractivity contribution in [2.24, 2.45) is 0 Å². The summed E-state index contributed by atoms with van der Waals surface area (Å²) in [5.41, 5.74) is 0. The van der Waals surface area contributed by atoms with E-state index >= 15 is 0 Å². The molecule has 10 heteroatoms. The van der Waals surface area contributed by atoms with Gasteiger partial charge in [0.1, 0.15) is 0 Å². The molecule has 0 N–H and O–H groups in total. The van der Waals surface area contributed by atoms with Gasteiger partial charge >= 0.3 is 20.2 Å². The van der Waals surface area contributed by atoms with Crippen LogP contribution in [0.1, 0.15) is 0 Å². The fraction of sp³-hybridized carbons (Fsp3) is 0.0769. The number of halogens is 2. The highest BCUT2D eigenvalue weighted by Gasteiger charge is 2.27. The summed E-state index contributed by atoms with van der Waals surface area (Å²) in [6, 6.07) is 9.11. The normalized spacial score (nSPS) is 11.9. The fourth-order valence-electron chi connectivity index (χ4n) is 1.52. The molecule has 23 heavy (non-hydrogen) atoms. The number of hydrogen-bond acceptors (Lipinski definition) is 6. The quantitative estimate of drug-likeness (QED) is 0.729. The molecule has 0 spiro atoms. The molecule has 0 atom stereocenters. The van der Waals surface area contributed by atoms with Gasteiger partial charge in [0.15, 0.2) is 23.1 Å². The molecule has 2 aromatic carbocycles. The summed E-state index contributed by atoms with van der Waals surface area (Å²) in [7, 11) is -9.45. The Morgan fingerprint density at radius 1 is 0.696 bits per heavy atom. The molecule has 0 saturated heterocycles. The highest BCUT2D eigenvalue weighted by Crippen LogP contribution is 2.21. The molecular weight excluding hydrogens is 354 g/mol. The molecule has 6 nitrogen and oxygen atoms in total. The van der Waals surface area contributed by atoms with Crippen LogP contribution in [0, 0.1) is 11.6 Å². The summed E-state index contributed by atoms with van der Waals surface area (Å²) in [5.74, 6) is -3.28. The Balaban J connectivity index is 2.16. The van der Waals surface area contributed by atoms with Crippen molar-refractivity contribution in [2.75, 3.05) is 5.08 Å². The monoisotopic (exact) mass is 364 g/mol. The van der Waals surface area contributed by atoms with Crippen LogP contribution in [0.2, 0.25) is 0 Å². The highest BCUT2D eigenvalue weighted by atomic mass is 32.3. The maximum absolute atomic E-state index is 13.3. The number of hydrogen-bond donors (Lipinski definition) is 0. The van der Waals surface area contributed by atoms with E-state index in [1.54, 1.807) is 0 Å². The Morgan fingerprint density at radius 2 is 1.04 bits per heavy atom. The highest BCUT2D eigenvalue weighted by molar-refractivity contribution is 8.04. The zero-order valence-corrected chi connectivity index (χ0v) is 13.0. The fourth-order valence-corrected chi connectivity index (χ4v) is 4.14. The van der Waals surface area contributed by atoms with Crippen LogP contribution in [-0.2, 0) is 20.2 Å². The standard InChI is InChI=1S/C13H10F2O6S2/c14-10-5-1-3-7-12(10)20-22(16,17)9-23(18,19)21-13-8-4-2-6-11(13)15/h1-8H,9H2. The summed E-state index contributed by atoms with van der Waals surface area (Å²) in [4.78, 5) is 0. The Labute approximate surface area is 131 Å². The van der Waals surface area contributed by atoms with E-state index in [2.05, 4.69) is 8.37 Å². The van der Waals surface area contributed by atoms with Crippen LogP contribution in [0.4, 0.5) is 8.78 Å². The lowest BCUT2D eigenvalue weighted by Gasteiger charge is -2.09. The molecule has 0 fully saturated rings. The SMILES string of the molecule is O=S(=O)(CS(=O)(=O)Oc1ccccc1F)Oc1ccccc1F. The first-order valence-corrected chi connectivity index (χ1v) is 9.17. The van der Waals surface area contributed by atoms with E-state index in [0.717, 1.165) is 24.3 Å².